The van der Waals surface area contributed by atoms with E-state index in [1.54, 1.807) is 0 Å². The molecule has 2 aromatic rings. The smallest absolute Gasteiger partial charge is 0.0975 e. The maximum atomic E-state index is 6.12. The molecule has 1 atom stereocenters. The van der Waals surface area contributed by atoms with Gasteiger partial charge in [-0.2, -0.15) is 0 Å². The number of rotatable bonds is 2. The highest BCUT2D eigenvalue weighted by Gasteiger charge is 2.21. The number of fused-ring (bicyclic) bond motifs is 1. The summed E-state index contributed by atoms with van der Waals surface area (Å²) in [7, 11) is 0. The van der Waals surface area contributed by atoms with Crippen LogP contribution in [0, 0.1) is 6.92 Å². The van der Waals surface area contributed by atoms with Gasteiger partial charge in [0.15, 0.2) is 0 Å². The number of nitrogens with zero attached hydrogens (tertiary/aromatic N) is 1. The zero-order valence-corrected chi connectivity index (χ0v) is 11.5. The lowest BCUT2D eigenvalue weighted by Crippen LogP contribution is -2.16. The van der Waals surface area contributed by atoms with Crippen molar-refractivity contribution >= 4 is 11.3 Å². The molecule has 3 heteroatoms. The molecule has 2 nitrogen and oxygen atoms in total. The molecular formula is C15H18N2S. The average molecular weight is 258 g/mol. The Labute approximate surface area is 112 Å². The maximum Gasteiger partial charge on any atom is 0.0975 e. The van der Waals surface area contributed by atoms with Crippen LogP contribution in [0.25, 0.3) is 0 Å². The minimum atomic E-state index is 0.163. The second-order valence-electron chi connectivity index (χ2n) is 5.08. The average Bonchev–Trinajstić information content (AvgIpc) is 2.73. The number of hydrogen-bond donors (Lipinski definition) is 1. The third-order valence-corrected chi connectivity index (χ3v) is 4.61. The van der Waals surface area contributed by atoms with E-state index in [1.165, 1.54) is 27.4 Å². The molecule has 1 aliphatic rings. The van der Waals surface area contributed by atoms with E-state index in [0.29, 0.717) is 0 Å². The van der Waals surface area contributed by atoms with Gasteiger partial charge in [0.2, 0.25) is 0 Å². The molecule has 0 aliphatic heterocycles. The van der Waals surface area contributed by atoms with Crippen molar-refractivity contribution < 1.29 is 0 Å². The van der Waals surface area contributed by atoms with Crippen LogP contribution in [0.3, 0.4) is 0 Å². The lowest BCUT2D eigenvalue weighted by molar-refractivity contribution is 0.562. The molecule has 0 bridgehead atoms. The third kappa shape index (κ3) is 2.33. The first kappa shape index (κ1) is 11.9. The van der Waals surface area contributed by atoms with Gasteiger partial charge in [0.05, 0.1) is 10.7 Å². The Balaban J connectivity index is 1.85. The Kier molecular flexibility index (Phi) is 3.18. The van der Waals surface area contributed by atoms with Gasteiger partial charge >= 0.3 is 0 Å². The predicted molar refractivity (Wildman–Crippen MR) is 76.0 cm³/mol. The summed E-state index contributed by atoms with van der Waals surface area (Å²) in [5.41, 5.74) is 9.94. The number of aryl methyl sites for hydroxylation is 2. The molecule has 0 saturated heterocycles. The summed E-state index contributed by atoms with van der Waals surface area (Å²) >= 11 is 1.85. The van der Waals surface area contributed by atoms with Crippen LogP contribution in [0.4, 0.5) is 0 Å². The van der Waals surface area contributed by atoms with Crippen molar-refractivity contribution in [1.29, 1.82) is 0 Å². The van der Waals surface area contributed by atoms with Gasteiger partial charge in [0, 0.05) is 17.3 Å². The molecule has 1 aromatic heterocycles. The van der Waals surface area contributed by atoms with Crippen LogP contribution in [-0.2, 0) is 12.8 Å². The van der Waals surface area contributed by atoms with Gasteiger partial charge < -0.3 is 5.73 Å². The fraction of sp³-hybridized carbons (Fsp3) is 0.400. The van der Waals surface area contributed by atoms with Gasteiger partial charge in [-0.1, -0.05) is 29.8 Å². The number of thiazole rings is 1. The summed E-state index contributed by atoms with van der Waals surface area (Å²) in [6, 6.07) is 8.82. The Hall–Kier alpha value is -1.19. The zero-order chi connectivity index (χ0) is 12.5. The molecule has 1 unspecified atom stereocenters. The molecule has 0 fully saturated rings. The zero-order valence-electron chi connectivity index (χ0n) is 10.6. The van der Waals surface area contributed by atoms with Crippen LogP contribution in [0.2, 0.25) is 0 Å². The molecule has 2 N–H and O–H groups in total. The standard InChI is InChI=1S/C15H18N2S/c1-10-4-2-5-11(8-10)9-14-17-15-12(16)6-3-7-13(15)18-14/h2,4-5,8,12H,3,6-7,9,16H2,1H3. The molecule has 0 radical (unpaired) electrons. The van der Waals surface area contributed by atoms with Crippen molar-refractivity contribution in [1.82, 2.24) is 4.98 Å². The number of hydrogen-bond acceptors (Lipinski definition) is 3. The summed E-state index contributed by atoms with van der Waals surface area (Å²) in [4.78, 5) is 6.16. The first-order valence-electron chi connectivity index (χ1n) is 6.52. The maximum absolute atomic E-state index is 6.12. The van der Waals surface area contributed by atoms with Crippen molar-refractivity contribution in [2.45, 2.75) is 38.6 Å². The van der Waals surface area contributed by atoms with Crippen LogP contribution in [0.5, 0.6) is 0 Å². The highest BCUT2D eigenvalue weighted by atomic mass is 32.1. The molecule has 18 heavy (non-hydrogen) atoms. The van der Waals surface area contributed by atoms with E-state index in [1.807, 2.05) is 11.3 Å². The van der Waals surface area contributed by atoms with E-state index < -0.39 is 0 Å². The normalized spacial score (nSPS) is 18.7. The van der Waals surface area contributed by atoms with E-state index in [0.717, 1.165) is 25.0 Å². The summed E-state index contributed by atoms with van der Waals surface area (Å²) in [6.45, 7) is 2.13. The van der Waals surface area contributed by atoms with E-state index in [2.05, 4.69) is 31.2 Å². The lowest BCUT2D eigenvalue weighted by Gasteiger charge is -2.15. The minimum Gasteiger partial charge on any atom is -0.323 e. The molecule has 1 heterocycles. The van der Waals surface area contributed by atoms with Gasteiger partial charge in [0.1, 0.15) is 0 Å². The summed E-state index contributed by atoms with van der Waals surface area (Å²) in [6.07, 6.45) is 4.39. The van der Waals surface area contributed by atoms with Crippen LogP contribution in [0.15, 0.2) is 24.3 Å². The Morgan fingerprint density at radius 2 is 2.33 bits per heavy atom. The predicted octanol–water partition coefficient (Wildman–Crippen LogP) is 3.38. The second-order valence-corrected chi connectivity index (χ2v) is 6.25. The molecule has 0 saturated carbocycles. The van der Waals surface area contributed by atoms with Crippen molar-refractivity contribution in [2.75, 3.05) is 0 Å². The summed E-state index contributed by atoms with van der Waals surface area (Å²) < 4.78 is 0. The van der Waals surface area contributed by atoms with Crippen LogP contribution in [-0.4, -0.2) is 4.98 Å². The van der Waals surface area contributed by atoms with Crippen molar-refractivity contribution in [3.05, 3.63) is 51.0 Å². The first-order chi connectivity index (χ1) is 8.72. The van der Waals surface area contributed by atoms with Crippen molar-refractivity contribution in [3.63, 3.8) is 0 Å². The molecule has 1 aromatic carbocycles. The molecule has 94 valence electrons. The van der Waals surface area contributed by atoms with E-state index in [-0.39, 0.29) is 6.04 Å². The molecule has 0 spiro atoms. The van der Waals surface area contributed by atoms with Crippen LogP contribution in [0.1, 0.15) is 45.6 Å². The largest absolute Gasteiger partial charge is 0.323 e. The van der Waals surface area contributed by atoms with Gasteiger partial charge in [0.25, 0.3) is 0 Å². The Bertz CT molecular complexity index is 559. The van der Waals surface area contributed by atoms with E-state index in [4.69, 9.17) is 10.7 Å². The number of aromatic nitrogens is 1. The van der Waals surface area contributed by atoms with Gasteiger partial charge in [-0.25, -0.2) is 4.98 Å². The molecule has 1 aliphatic carbocycles. The Morgan fingerprint density at radius 1 is 1.44 bits per heavy atom. The number of benzene rings is 1. The van der Waals surface area contributed by atoms with Gasteiger partial charge in [-0.15, -0.1) is 11.3 Å². The highest BCUT2D eigenvalue weighted by Crippen LogP contribution is 2.32. The van der Waals surface area contributed by atoms with Crippen LogP contribution >= 0.6 is 11.3 Å². The van der Waals surface area contributed by atoms with Crippen LogP contribution < -0.4 is 5.73 Å². The van der Waals surface area contributed by atoms with Gasteiger partial charge in [-0.05, 0) is 31.7 Å². The van der Waals surface area contributed by atoms with Gasteiger partial charge in [-0.3, -0.25) is 0 Å². The fourth-order valence-electron chi connectivity index (χ4n) is 2.57. The Morgan fingerprint density at radius 3 is 3.11 bits per heavy atom. The molecular weight excluding hydrogens is 240 g/mol. The highest BCUT2D eigenvalue weighted by molar-refractivity contribution is 7.11. The SMILES string of the molecule is Cc1cccc(Cc2nc3c(s2)CCCC3N)c1. The lowest BCUT2D eigenvalue weighted by atomic mass is 9.99. The van der Waals surface area contributed by atoms with E-state index >= 15 is 0 Å². The second kappa shape index (κ2) is 4.82. The quantitative estimate of drug-likeness (QED) is 0.897. The summed E-state index contributed by atoms with van der Waals surface area (Å²) in [5, 5.41) is 1.21. The summed E-state index contributed by atoms with van der Waals surface area (Å²) in [5.74, 6) is 0. The van der Waals surface area contributed by atoms with Crippen molar-refractivity contribution in [3.8, 4) is 0 Å². The fourth-order valence-corrected chi connectivity index (χ4v) is 3.79. The number of nitrogens with two attached hydrogens (primary N) is 1. The van der Waals surface area contributed by atoms with E-state index in [9.17, 15) is 0 Å². The topological polar surface area (TPSA) is 38.9 Å². The monoisotopic (exact) mass is 258 g/mol. The first-order valence-corrected chi connectivity index (χ1v) is 7.33. The van der Waals surface area contributed by atoms with Crippen molar-refractivity contribution in [2.24, 2.45) is 5.73 Å². The molecule has 3 rings (SSSR count). The molecule has 0 amide bonds. The third-order valence-electron chi connectivity index (χ3n) is 3.48. The minimum absolute atomic E-state index is 0.163.